The van der Waals surface area contributed by atoms with E-state index in [1.54, 1.807) is 0 Å². The predicted molar refractivity (Wildman–Crippen MR) is 71.9 cm³/mol. The molecule has 0 heterocycles. The van der Waals surface area contributed by atoms with Crippen LogP contribution in [0.5, 0.6) is 5.75 Å². The third-order valence-electron chi connectivity index (χ3n) is 2.44. The molecule has 1 aromatic rings. The average Bonchev–Trinajstić information content (AvgIpc) is 2.25. The first-order chi connectivity index (χ1) is 8.29. The van der Waals surface area contributed by atoms with E-state index in [1.807, 2.05) is 38.1 Å². The van der Waals surface area contributed by atoms with Crippen LogP contribution < -0.4 is 4.74 Å². The zero-order valence-electron chi connectivity index (χ0n) is 11.8. The summed E-state index contributed by atoms with van der Waals surface area (Å²) in [4.78, 5) is 11.3. The molecule has 3 heteroatoms. The maximum absolute atomic E-state index is 11.3. The summed E-state index contributed by atoms with van der Waals surface area (Å²) in [5, 5.41) is 0. The summed E-state index contributed by atoms with van der Waals surface area (Å²) in [6.07, 6.45) is -0.107. The Hall–Kier alpha value is -1.51. The van der Waals surface area contributed by atoms with E-state index in [0.29, 0.717) is 5.75 Å². The van der Waals surface area contributed by atoms with Gasteiger partial charge in [0, 0.05) is 0 Å². The van der Waals surface area contributed by atoms with E-state index in [-0.39, 0.29) is 24.1 Å². The molecule has 18 heavy (non-hydrogen) atoms. The quantitative estimate of drug-likeness (QED) is 0.769. The molecule has 3 nitrogen and oxygen atoms in total. The minimum Gasteiger partial charge on any atom is -0.482 e. The molecule has 0 N–H and O–H groups in total. The van der Waals surface area contributed by atoms with Gasteiger partial charge in [0.25, 0.3) is 0 Å². The first kappa shape index (κ1) is 14.6. The van der Waals surface area contributed by atoms with Crippen molar-refractivity contribution in [2.24, 2.45) is 0 Å². The van der Waals surface area contributed by atoms with Gasteiger partial charge < -0.3 is 9.47 Å². The van der Waals surface area contributed by atoms with E-state index in [1.165, 1.54) is 5.56 Å². The second-order valence-corrected chi connectivity index (χ2v) is 5.60. The van der Waals surface area contributed by atoms with Crippen molar-refractivity contribution in [2.75, 3.05) is 6.61 Å². The first-order valence-electron chi connectivity index (χ1n) is 6.22. The fourth-order valence-electron chi connectivity index (χ4n) is 1.49. The van der Waals surface area contributed by atoms with E-state index >= 15 is 0 Å². The van der Waals surface area contributed by atoms with Gasteiger partial charge in [0.2, 0.25) is 0 Å². The summed E-state index contributed by atoms with van der Waals surface area (Å²) < 4.78 is 10.3. The maximum atomic E-state index is 11.3. The Balaban J connectivity index is 2.52. The topological polar surface area (TPSA) is 35.5 Å². The number of esters is 1. The monoisotopic (exact) mass is 250 g/mol. The molecule has 0 aromatic heterocycles. The van der Waals surface area contributed by atoms with Crippen molar-refractivity contribution in [3.05, 3.63) is 29.8 Å². The van der Waals surface area contributed by atoms with Gasteiger partial charge in [-0.15, -0.1) is 0 Å². The van der Waals surface area contributed by atoms with E-state index in [2.05, 4.69) is 20.8 Å². The van der Waals surface area contributed by atoms with Crippen molar-refractivity contribution < 1.29 is 14.3 Å². The van der Waals surface area contributed by atoms with E-state index in [4.69, 9.17) is 9.47 Å². The third-order valence-corrected chi connectivity index (χ3v) is 2.44. The molecular formula is C15H22O3. The van der Waals surface area contributed by atoms with Crippen LogP contribution in [0.1, 0.15) is 40.2 Å². The second kappa shape index (κ2) is 5.89. The van der Waals surface area contributed by atoms with Crippen molar-refractivity contribution in [1.82, 2.24) is 0 Å². The van der Waals surface area contributed by atoms with Gasteiger partial charge in [0.05, 0.1) is 6.10 Å². The molecule has 0 saturated carbocycles. The zero-order chi connectivity index (χ0) is 13.8. The van der Waals surface area contributed by atoms with Gasteiger partial charge in [-0.2, -0.15) is 0 Å². The molecule has 0 radical (unpaired) electrons. The molecule has 1 aromatic carbocycles. The Labute approximate surface area is 109 Å². The fraction of sp³-hybridized carbons (Fsp3) is 0.533. The van der Waals surface area contributed by atoms with Crippen molar-refractivity contribution in [2.45, 2.75) is 46.1 Å². The van der Waals surface area contributed by atoms with Crippen molar-refractivity contribution in [3.8, 4) is 5.75 Å². The number of ether oxygens (including phenoxy) is 2. The molecule has 0 amide bonds. The summed E-state index contributed by atoms with van der Waals surface area (Å²) >= 11 is 0. The molecule has 1 rings (SSSR count). The lowest BCUT2D eigenvalue weighted by atomic mass is 9.87. The SMILES string of the molecule is CC(C)OC(=O)COc1ccc(C(C)(C)C)cc1. The standard InChI is InChI=1S/C15H22O3/c1-11(2)18-14(16)10-17-13-8-6-12(7-9-13)15(3,4)5/h6-9,11H,10H2,1-5H3. The highest BCUT2D eigenvalue weighted by molar-refractivity contribution is 5.71. The van der Waals surface area contributed by atoms with Crippen LogP contribution in [0.3, 0.4) is 0 Å². The Kier molecular flexibility index (Phi) is 4.76. The smallest absolute Gasteiger partial charge is 0.344 e. The number of benzene rings is 1. The lowest BCUT2D eigenvalue weighted by Crippen LogP contribution is -2.18. The summed E-state index contributed by atoms with van der Waals surface area (Å²) in [6.45, 7) is 10.0. The molecule has 0 unspecified atom stereocenters. The Morgan fingerprint density at radius 2 is 1.72 bits per heavy atom. The van der Waals surface area contributed by atoms with Gasteiger partial charge in [-0.3, -0.25) is 0 Å². The second-order valence-electron chi connectivity index (χ2n) is 5.60. The molecule has 0 aliphatic heterocycles. The van der Waals surface area contributed by atoms with Gasteiger partial charge in [-0.05, 0) is 37.0 Å². The lowest BCUT2D eigenvalue weighted by molar-refractivity contribution is -0.149. The number of carbonyl (C=O) groups excluding carboxylic acids is 1. The van der Waals surface area contributed by atoms with Gasteiger partial charge in [0.15, 0.2) is 6.61 Å². The van der Waals surface area contributed by atoms with Gasteiger partial charge in [-0.1, -0.05) is 32.9 Å². The Morgan fingerprint density at radius 3 is 2.17 bits per heavy atom. The largest absolute Gasteiger partial charge is 0.482 e. The van der Waals surface area contributed by atoms with Crippen LogP contribution in [-0.2, 0) is 14.9 Å². The molecule has 0 bridgehead atoms. The number of rotatable bonds is 4. The molecular weight excluding hydrogens is 228 g/mol. The minimum absolute atomic E-state index is 0.0486. The molecule has 100 valence electrons. The van der Waals surface area contributed by atoms with Gasteiger partial charge in [0.1, 0.15) is 5.75 Å². The van der Waals surface area contributed by atoms with E-state index < -0.39 is 0 Å². The minimum atomic E-state index is -0.343. The molecule has 0 aliphatic rings. The van der Waals surface area contributed by atoms with Crippen LogP contribution >= 0.6 is 0 Å². The Bertz CT molecular complexity index is 385. The highest BCUT2D eigenvalue weighted by Crippen LogP contribution is 2.24. The fourth-order valence-corrected chi connectivity index (χ4v) is 1.49. The van der Waals surface area contributed by atoms with Crippen molar-refractivity contribution >= 4 is 5.97 Å². The normalized spacial score (nSPS) is 11.4. The van der Waals surface area contributed by atoms with E-state index in [0.717, 1.165) is 0 Å². The van der Waals surface area contributed by atoms with Gasteiger partial charge in [-0.25, -0.2) is 4.79 Å². The van der Waals surface area contributed by atoms with Crippen molar-refractivity contribution in [1.29, 1.82) is 0 Å². The Morgan fingerprint density at radius 1 is 1.17 bits per heavy atom. The van der Waals surface area contributed by atoms with Crippen LogP contribution in [0.4, 0.5) is 0 Å². The molecule has 0 atom stereocenters. The predicted octanol–water partition coefficient (Wildman–Crippen LogP) is 3.31. The first-order valence-corrected chi connectivity index (χ1v) is 6.22. The van der Waals surface area contributed by atoms with Crippen LogP contribution in [0, 0.1) is 0 Å². The zero-order valence-corrected chi connectivity index (χ0v) is 11.8. The summed E-state index contributed by atoms with van der Waals surface area (Å²) in [5.74, 6) is 0.341. The van der Waals surface area contributed by atoms with Crippen LogP contribution in [0.25, 0.3) is 0 Å². The summed E-state index contributed by atoms with van der Waals surface area (Å²) in [7, 11) is 0. The van der Waals surface area contributed by atoms with Gasteiger partial charge >= 0.3 is 5.97 Å². The molecule has 0 aliphatic carbocycles. The maximum Gasteiger partial charge on any atom is 0.344 e. The van der Waals surface area contributed by atoms with Crippen LogP contribution in [0.15, 0.2) is 24.3 Å². The number of hydrogen-bond donors (Lipinski definition) is 0. The average molecular weight is 250 g/mol. The number of hydrogen-bond acceptors (Lipinski definition) is 3. The molecule has 0 saturated heterocycles. The lowest BCUT2D eigenvalue weighted by Gasteiger charge is -2.19. The van der Waals surface area contributed by atoms with Crippen LogP contribution in [-0.4, -0.2) is 18.7 Å². The highest BCUT2D eigenvalue weighted by Gasteiger charge is 2.13. The molecule has 0 fully saturated rings. The summed E-state index contributed by atoms with van der Waals surface area (Å²) in [5.41, 5.74) is 1.36. The van der Waals surface area contributed by atoms with E-state index in [9.17, 15) is 4.79 Å². The third kappa shape index (κ3) is 4.78. The van der Waals surface area contributed by atoms with Crippen molar-refractivity contribution in [3.63, 3.8) is 0 Å². The number of carbonyl (C=O) groups is 1. The molecule has 0 spiro atoms. The highest BCUT2D eigenvalue weighted by atomic mass is 16.6. The van der Waals surface area contributed by atoms with Crippen LogP contribution in [0.2, 0.25) is 0 Å². The summed E-state index contributed by atoms with van der Waals surface area (Å²) in [6, 6.07) is 7.79.